The molecular weight excluding hydrogens is 422 g/mol. The maximum Gasteiger partial charge on any atom is 0.0525 e. The Balaban J connectivity index is 1.79. The summed E-state index contributed by atoms with van der Waals surface area (Å²) in [5, 5.41) is 0. The van der Waals surface area contributed by atoms with Crippen molar-refractivity contribution in [1.82, 2.24) is 0 Å². The first-order valence-electron chi connectivity index (χ1n) is 13.1. The van der Waals surface area contributed by atoms with Gasteiger partial charge in [-0.25, -0.2) is 0 Å². The smallest absolute Gasteiger partial charge is 0.0525 e. The molecule has 0 aliphatic heterocycles. The van der Waals surface area contributed by atoms with E-state index in [2.05, 4.69) is 131 Å². The third-order valence-electron chi connectivity index (χ3n) is 7.76. The number of hydrogen-bond donors (Lipinski definition) is 0. The number of anilines is 2. The fraction of sp³-hybridized carbons (Fsp3) is 0.294. The Labute approximate surface area is 211 Å². The standard InChI is InChI=1S/C34H37N/c1-7-24-17-14-19-27(25-15-10-9-11-16-25)33(24)35(23(3)4)31-22-21-29-28-18-12-13-20-30(28)34(5,6)32(29)26(31)8-2/h9-23H,7-8H2,1-6H3. The Morgan fingerprint density at radius 1 is 0.686 bits per heavy atom. The molecule has 1 aliphatic rings. The van der Waals surface area contributed by atoms with E-state index in [9.17, 15) is 0 Å². The number of rotatable bonds is 6. The summed E-state index contributed by atoms with van der Waals surface area (Å²) in [6, 6.07) is 31.7. The first kappa shape index (κ1) is 23.4. The molecule has 0 saturated carbocycles. The molecule has 0 heterocycles. The lowest BCUT2D eigenvalue weighted by Gasteiger charge is -2.36. The molecule has 0 bridgehead atoms. The van der Waals surface area contributed by atoms with Gasteiger partial charge in [-0.1, -0.05) is 107 Å². The number of hydrogen-bond acceptors (Lipinski definition) is 1. The Kier molecular flexibility index (Phi) is 6.05. The summed E-state index contributed by atoms with van der Waals surface area (Å²) in [7, 11) is 0. The zero-order valence-electron chi connectivity index (χ0n) is 22.0. The molecule has 0 N–H and O–H groups in total. The summed E-state index contributed by atoms with van der Waals surface area (Å²) < 4.78 is 0. The van der Waals surface area contributed by atoms with E-state index in [1.807, 2.05) is 0 Å². The van der Waals surface area contributed by atoms with Crippen molar-refractivity contribution in [3.8, 4) is 22.3 Å². The quantitative estimate of drug-likeness (QED) is 0.278. The van der Waals surface area contributed by atoms with Crippen LogP contribution in [0.5, 0.6) is 0 Å². The molecule has 0 amide bonds. The molecule has 0 fully saturated rings. The first-order valence-corrected chi connectivity index (χ1v) is 13.1. The van der Waals surface area contributed by atoms with Crippen molar-refractivity contribution in [2.24, 2.45) is 0 Å². The zero-order chi connectivity index (χ0) is 24.7. The van der Waals surface area contributed by atoms with Crippen LogP contribution >= 0.6 is 0 Å². The monoisotopic (exact) mass is 459 g/mol. The van der Waals surface area contributed by atoms with Crippen LogP contribution in [-0.2, 0) is 18.3 Å². The zero-order valence-corrected chi connectivity index (χ0v) is 22.0. The van der Waals surface area contributed by atoms with Gasteiger partial charge in [0, 0.05) is 22.7 Å². The second kappa shape index (κ2) is 9.04. The minimum absolute atomic E-state index is 0.0114. The van der Waals surface area contributed by atoms with E-state index in [1.165, 1.54) is 55.9 Å². The van der Waals surface area contributed by atoms with Gasteiger partial charge in [-0.3, -0.25) is 0 Å². The van der Waals surface area contributed by atoms with Crippen molar-refractivity contribution in [3.05, 3.63) is 107 Å². The third-order valence-corrected chi connectivity index (χ3v) is 7.76. The molecule has 0 radical (unpaired) electrons. The van der Waals surface area contributed by atoms with Gasteiger partial charge >= 0.3 is 0 Å². The van der Waals surface area contributed by atoms with E-state index in [0.29, 0.717) is 6.04 Å². The van der Waals surface area contributed by atoms with Gasteiger partial charge in [0.15, 0.2) is 0 Å². The van der Waals surface area contributed by atoms with Crippen LogP contribution in [-0.4, -0.2) is 6.04 Å². The average molecular weight is 460 g/mol. The van der Waals surface area contributed by atoms with Gasteiger partial charge in [0.25, 0.3) is 0 Å². The molecule has 4 aromatic rings. The molecule has 0 spiro atoms. The third kappa shape index (κ3) is 3.69. The highest BCUT2D eigenvalue weighted by Gasteiger charge is 2.38. The largest absolute Gasteiger partial charge is 0.338 e. The molecule has 5 rings (SSSR count). The minimum Gasteiger partial charge on any atom is -0.338 e. The second-order valence-electron chi connectivity index (χ2n) is 10.5. The van der Waals surface area contributed by atoms with E-state index in [-0.39, 0.29) is 5.41 Å². The summed E-state index contributed by atoms with van der Waals surface area (Å²) in [6.45, 7) is 14.0. The lowest BCUT2D eigenvalue weighted by molar-refractivity contribution is 0.650. The number of nitrogens with zero attached hydrogens (tertiary/aromatic N) is 1. The molecule has 1 heteroatoms. The van der Waals surface area contributed by atoms with Gasteiger partial charge in [0.1, 0.15) is 0 Å². The van der Waals surface area contributed by atoms with Crippen LogP contribution in [0, 0.1) is 0 Å². The highest BCUT2D eigenvalue weighted by molar-refractivity contribution is 5.89. The fourth-order valence-corrected chi connectivity index (χ4v) is 6.23. The van der Waals surface area contributed by atoms with Gasteiger partial charge in [0.2, 0.25) is 0 Å². The van der Waals surface area contributed by atoms with Gasteiger partial charge in [-0.2, -0.15) is 0 Å². The maximum absolute atomic E-state index is 2.61. The van der Waals surface area contributed by atoms with Crippen molar-refractivity contribution in [2.75, 3.05) is 4.90 Å². The SMILES string of the molecule is CCc1cccc(-c2ccccc2)c1N(c1ccc2c(c1CC)C(C)(C)c1ccccc1-2)C(C)C. The van der Waals surface area contributed by atoms with Gasteiger partial charge in [-0.15, -0.1) is 0 Å². The summed E-state index contributed by atoms with van der Waals surface area (Å²) >= 11 is 0. The fourth-order valence-electron chi connectivity index (χ4n) is 6.23. The Bertz CT molecular complexity index is 1360. The lowest BCUT2D eigenvalue weighted by Crippen LogP contribution is -2.29. The van der Waals surface area contributed by atoms with E-state index in [0.717, 1.165) is 12.8 Å². The lowest BCUT2D eigenvalue weighted by atomic mass is 9.79. The summed E-state index contributed by atoms with van der Waals surface area (Å²) in [6.07, 6.45) is 2.01. The van der Waals surface area contributed by atoms with Crippen molar-refractivity contribution in [2.45, 2.75) is 65.8 Å². The average Bonchev–Trinajstić information content (AvgIpc) is 3.11. The first-order chi connectivity index (χ1) is 16.9. The normalized spacial score (nSPS) is 13.6. The Morgan fingerprint density at radius 2 is 1.37 bits per heavy atom. The van der Waals surface area contributed by atoms with E-state index in [1.54, 1.807) is 0 Å². The molecule has 1 aliphatic carbocycles. The van der Waals surface area contributed by atoms with Crippen LogP contribution in [0.25, 0.3) is 22.3 Å². The predicted octanol–water partition coefficient (Wildman–Crippen LogP) is 9.33. The van der Waals surface area contributed by atoms with Crippen LogP contribution < -0.4 is 4.90 Å². The van der Waals surface area contributed by atoms with Crippen LogP contribution in [0.15, 0.2) is 84.9 Å². The van der Waals surface area contributed by atoms with Crippen molar-refractivity contribution >= 4 is 11.4 Å². The molecular formula is C34H37N. The van der Waals surface area contributed by atoms with Crippen molar-refractivity contribution in [3.63, 3.8) is 0 Å². The molecule has 178 valence electrons. The van der Waals surface area contributed by atoms with Crippen LogP contribution in [0.2, 0.25) is 0 Å². The topological polar surface area (TPSA) is 3.24 Å². The van der Waals surface area contributed by atoms with E-state index in [4.69, 9.17) is 0 Å². The summed E-state index contributed by atoms with van der Waals surface area (Å²) in [4.78, 5) is 2.61. The van der Waals surface area contributed by atoms with Crippen LogP contribution in [0.3, 0.4) is 0 Å². The predicted molar refractivity (Wildman–Crippen MR) is 152 cm³/mol. The van der Waals surface area contributed by atoms with E-state index >= 15 is 0 Å². The Morgan fingerprint density at radius 3 is 2.06 bits per heavy atom. The molecule has 4 aromatic carbocycles. The van der Waals surface area contributed by atoms with Gasteiger partial charge in [-0.05, 0) is 71.7 Å². The second-order valence-corrected chi connectivity index (χ2v) is 10.5. The van der Waals surface area contributed by atoms with Crippen molar-refractivity contribution in [1.29, 1.82) is 0 Å². The van der Waals surface area contributed by atoms with Gasteiger partial charge in [0.05, 0.1) is 5.69 Å². The van der Waals surface area contributed by atoms with Crippen LogP contribution in [0.1, 0.15) is 63.8 Å². The number of aryl methyl sites for hydroxylation is 1. The Hall–Kier alpha value is -3.32. The van der Waals surface area contributed by atoms with E-state index < -0.39 is 0 Å². The molecule has 0 saturated heterocycles. The summed E-state index contributed by atoms with van der Waals surface area (Å²) in [5.41, 5.74) is 13.9. The van der Waals surface area contributed by atoms with Gasteiger partial charge < -0.3 is 4.90 Å². The number of para-hydroxylation sites is 1. The molecule has 1 nitrogen and oxygen atoms in total. The highest BCUT2D eigenvalue weighted by Crippen LogP contribution is 2.53. The molecule has 0 unspecified atom stereocenters. The highest BCUT2D eigenvalue weighted by atomic mass is 15.2. The number of benzene rings is 4. The maximum atomic E-state index is 2.61. The summed E-state index contributed by atoms with van der Waals surface area (Å²) in [5.74, 6) is 0. The number of fused-ring (bicyclic) bond motifs is 3. The minimum atomic E-state index is -0.0114. The van der Waals surface area contributed by atoms with Crippen LogP contribution in [0.4, 0.5) is 11.4 Å². The molecule has 0 aromatic heterocycles. The van der Waals surface area contributed by atoms with Crippen molar-refractivity contribution < 1.29 is 0 Å². The molecule has 0 atom stereocenters. The molecule has 35 heavy (non-hydrogen) atoms.